The first-order valence-electron chi connectivity index (χ1n) is 3.82. The monoisotopic (exact) mass is 166 g/mol. The first kappa shape index (κ1) is 7.30. The van der Waals surface area contributed by atoms with E-state index in [2.05, 4.69) is 15.4 Å². The highest BCUT2D eigenvalue weighted by atomic mass is 16.5. The second kappa shape index (κ2) is 2.94. The summed E-state index contributed by atoms with van der Waals surface area (Å²) in [5.41, 5.74) is 6.54. The molecule has 5 nitrogen and oxygen atoms in total. The van der Waals surface area contributed by atoms with E-state index < -0.39 is 0 Å². The number of hydrogen-bond acceptors (Lipinski definition) is 4. The highest BCUT2D eigenvalue weighted by Crippen LogP contribution is 2.21. The molecule has 0 radical (unpaired) electrons. The summed E-state index contributed by atoms with van der Waals surface area (Å²) in [6.07, 6.45) is 4.52. The zero-order valence-electron chi connectivity index (χ0n) is 6.53. The van der Waals surface area contributed by atoms with Crippen LogP contribution in [0.3, 0.4) is 0 Å². The van der Waals surface area contributed by atoms with Crippen LogP contribution in [0.1, 0.15) is 18.2 Å². The molecule has 1 atom stereocenters. The van der Waals surface area contributed by atoms with E-state index in [1.165, 1.54) is 0 Å². The largest absolute Gasteiger partial charge is 0.496 e. The van der Waals surface area contributed by atoms with Gasteiger partial charge in [0.1, 0.15) is 17.5 Å². The molecule has 0 fully saturated rings. The summed E-state index contributed by atoms with van der Waals surface area (Å²) in [6.45, 7) is 0.723. The molecular formula is C7H10N4O. The van der Waals surface area contributed by atoms with Crippen molar-refractivity contribution in [3.05, 3.63) is 23.7 Å². The lowest BCUT2D eigenvalue weighted by molar-refractivity contribution is 0.224. The van der Waals surface area contributed by atoms with Crippen molar-refractivity contribution in [3.8, 4) is 0 Å². The Labute approximate surface area is 69.6 Å². The lowest BCUT2D eigenvalue weighted by Gasteiger charge is -2.08. The molecule has 5 heteroatoms. The van der Waals surface area contributed by atoms with E-state index in [4.69, 9.17) is 10.5 Å². The first-order valence-corrected chi connectivity index (χ1v) is 3.82. The van der Waals surface area contributed by atoms with Crippen LogP contribution in [0.15, 0.2) is 18.0 Å². The van der Waals surface area contributed by atoms with Crippen molar-refractivity contribution in [3.63, 3.8) is 0 Å². The standard InChI is InChI=1S/C7H10N4O/c8-7(5-4-9-11-10-5)6-2-1-3-12-6/h2,4,7H,1,3,8H2,(H,9,10,11). The van der Waals surface area contributed by atoms with E-state index in [0.717, 1.165) is 18.8 Å². The third-order valence-corrected chi connectivity index (χ3v) is 1.79. The Morgan fingerprint density at radius 3 is 3.17 bits per heavy atom. The quantitative estimate of drug-likeness (QED) is 0.653. The Morgan fingerprint density at radius 1 is 1.67 bits per heavy atom. The van der Waals surface area contributed by atoms with Gasteiger partial charge in [0.05, 0.1) is 12.8 Å². The molecule has 0 aliphatic carbocycles. The molecule has 1 aliphatic heterocycles. The predicted molar refractivity (Wildman–Crippen MR) is 42.0 cm³/mol. The molecule has 0 saturated carbocycles. The van der Waals surface area contributed by atoms with Gasteiger partial charge in [0, 0.05) is 6.42 Å². The van der Waals surface area contributed by atoms with Crippen molar-refractivity contribution in [2.24, 2.45) is 5.73 Å². The van der Waals surface area contributed by atoms with Crippen LogP contribution in [0.5, 0.6) is 0 Å². The minimum atomic E-state index is -0.272. The van der Waals surface area contributed by atoms with Gasteiger partial charge in [-0.3, -0.25) is 0 Å². The summed E-state index contributed by atoms with van der Waals surface area (Å²) in [6, 6.07) is -0.272. The average molecular weight is 166 g/mol. The fourth-order valence-electron chi connectivity index (χ4n) is 1.16. The predicted octanol–water partition coefficient (Wildman–Crippen LogP) is 0.109. The van der Waals surface area contributed by atoms with Crippen LogP contribution in [0, 0.1) is 0 Å². The van der Waals surface area contributed by atoms with Crippen LogP contribution < -0.4 is 5.73 Å². The van der Waals surface area contributed by atoms with E-state index in [1.807, 2.05) is 6.08 Å². The van der Waals surface area contributed by atoms with Gasteiger partial charge in [-0.2, -0.15) is 15.4 Å². The maximum Gasteiger partial charge on any atom is 0.115 e. The van der Waals surface area contributed by atoms with E-state index in [9.17, 15) is 0 Å². The van der Waals surface area contributed by atoms with Crippen molar-refractivity contribution in [2.45, 2.75) is 12.5 Å². The van der Waals surface area contributed by atoms with Gasteiger partial charge in [-0.15, -0.1) is 0 Å². The number of ether oxygens (including phenoxy) is 1. The molecule has 1 aliphatic rings. The minimum absolute atomic E-state index is 0.272. The Bertz CT molecular complexity index is 280. The molecule has 12 heavy (non-hydrogen) atoms. The van der Waals surface area contributed by atoms with Crippen LogP contribution in [0.2, 0.25) is 0 Å². The summed E-state index contributed by atoms with van der Waals surface area (Å²) in [7, 11) is 0. The molecule has 0 amide bonds. The number of rotatable bonds is 2. The van der Waals surface area contributed by atoms with Crippen LogP contribution in [0.4, 0.5) is 0 Å². The number of nitrogens with two attached hydrogens (primary N) is 1. The lowest BCUT2D eigenvalue weighted by atomic mass is 10.2. The fourth-order valence-corrected chi connectivity index (χ4v) is 1.16. The SMILES string of the molecule is NC(C1=CCCO1)c1cn[nH]n1. The molecule has 0 bridgehead atoms. The van der Waals surface area contributed by atoms with Crippen LogP contribution in [-0.2, 0) is 4.74 Å². The van der Waals surface area contributed by atoms with Crippen LogP contribution in [0.25, 0.3) is 0 Å². The number of hydrogen-bond donors (Lipinski definition) is 2. The molecule has 2 rings (SSSR count). The van der Waals surface area contributed by atoms with E-state index in [-0.39, 0.29) is 6.04 Å². The van der Waals surface area contributed by atoms with Gasteiger partial charge in [0.15, 0.2) is 0 Å². The highest BCUT2D eigenvalue weighted by Gasteiger charge is 2.18. The molecule has 0 aromatic carbocycles. The smallest absolute Gasteiger partial charge is 0.115 e. The topological polar surface area (TPSA) is 76.8 Å². The van der Waals surface area contributed by atoms with Crippen LogP contribution in [-0.4, -0.2) is 22.0 Å². The van der Waals surface area contributed by atoms with Gasteiger partial charge in [0.25, 0.3) is 0 Å². The lowest BCUT2D eigenvalue weighted by Crippen LogP contribution is -2.14. The molecular weight excluding hydrogens is 156 g/mol. The molecule has 2 heterocycles. The Morgan fingerprint density at radius 2 is 2.58 bits per heavy atom. The summed E-state index contributed by atoms with van der Waals surface area (Å²) in [5.74, 6) is 0.795. The normalized spacial score (nSPS) is 18.6. The summed E-state index contributed by atoms with van der Waals surface area (Å²) >= 11 is 0. The number of aromatic amines is 1. The van der Waals surface area contributed by atoms with Gasteiger partial charge in [-0.25, -0.2) is 0 Å². The third-order valence-electron chi connectivity index (χ3n) is 1.79. The Balaban J connectivity index is 2.14. The Hall–Kier alpha value is -1.36. The average Bonchev–Trinajstić information content (AvgIpc) is 2.77. The van der Waals surface area contributed by atoms with Crippen molar-refractivity contribution in [1.29, 1.82) is 0 Å². The van der Waals surface area contributed by atoms with E-state index in [1.54, 1.807) is 6.20 Å². The molecule has 3 N–H and O–H groups in total. The van der Waals surface area contributed by atoms with Crippen LogP contribution >= 0.6 is 0 Å². The number of nitrogens with one attached hydrogen (secondary N) is 1. The Kier molecular flexibility index (Phi) is 1.79. The number of nitrogens with zero attached hydrogens (tertiary/aromatic N) is 2. The van der Waals surface area contributed by atoms with E-state index in [0.29, 0.717) is 5.69 Å². The third kappa shape index (κ3) is 1.18. The van der Waals surface area contributed by atoms with Gasteiger partial charge >= 0.3 is 0 Å². The molecule has 1 aromatic heterocycles. The number of H-pyrrole nitrogens is 1. The number of aromatic nitrogens is 3. The summed E-state index contributed by atoms with van der Waals surface area (Å²) in [4.78, 5) is 0. The van der Waals surface area contributed by atoms with Crippen molar-refractivity contribution in [1.82, 2.24) is 15.4 Å². The van der Waals surface area contributed by atoms with Crippen molar-refractivity contribution >= 4 is 0 Å². The van der Waals surface area contributed by atoms with Gasteiger partial charge < -0.3 is 10.5 Å². The fraction of sp³-hybridized carbons (Fsp3) is 0.429. The van der Waals surface area contributed by atoms with Gasteiger partial charge in [-0.1, -0.05) is 0 Å². The molecule has 64 valence electrons. The summed E-state index contributed by atoms with van der Waals surface area (Å²) in [5, 5.41) is 10.1. The molecule has 0 saturated heterocycles. The first-order chi connectivity index (χ1) is 5.88. The van der Waals surface area contributed by atoms with Gasteiger partial charge in [0.2, 0.25) is 0 Å². The minimum Gasteiger partial charge on any atom is -0.496 e. The molecule has 1 aromatic rings. The van der Waals surface area contributed by atoms with E-state index >= 15 is 0 Å². The highest BCUT2D eigenvalue weighted by molar-refractivity contribution is 5.15. The summed E-state index contributed by atoms with van der Waals surface area (Å²) < 4.78 is 5.29. The maximum atomic E-state index is 5.83. The van der Waals surface area contributed by atoms with Crippen molar-refractivity contribution in [2.75, 3.05) is 6.61 Å². The van der Waals surface area contributed by atoms with Crippen molar-refractivity contribution < 1.29 is 4.74 Å². The van der Waals surface area contributed by atoms with Gasteiger partial charge in [-0.05, 0) is 6.08 Å². The molecule has 0 spiro atoms. The zero-order chi connectivity index (χ0) is 8.39. The second-order valence-corrected chi connectivity index (χ2v) is 2.62. The zero-order valence-corrected chi connectivity index (χ0v) is 6.53. The second-order valence-electron chi connectivity index (χ2n) is 2.62. The molecule has 1 unspecified atom stereocenters. The maximum absolute atomic E-state index is 5.83.